The summed E-state index contributed by atoms with van der Waals surface area (Å²) in [6, 6.07) is 15.6. The van der Waals surface area contributed by atoms with Crippen LogP contribution >= 0.6 is 11.8 Å². The molecule has 1 heterocycles. The summed E-state index contributed by atoms with van der Waals surface area (Å²) in [6.45, 7) is 1.97. The van der Waals surface area contributed by atoms with Crippen molar-refractivity contribution in [1.29, 1.82) is 0 Å². The molecule has 0 radical (unpaired) electrons. The van der Waals surface area contributed by atoms with Gasteiger partial charge in [-0.15, -0.1) is 11.8 Å². The average molecular weight is 438 g/mol. The highest BCUT2D eigenvalue weighted by Gasteiger charge is 2.23. The normalized spacial score (nSPS) is 11.4. The molecule has 31 heavy (non-hydrogen) atoms. The molecule has 2 aromatic carbocycles. The minimum Gasteiger partial charge on any atom is -0.340 e. The maximum Gasteiger partial charge on any atom is 0.251 e. The van der Waals surface area contributed by atoms with Crippen LogP contribution in [0.1, 0.15) is 17.2 Å². The molecule has 0 fully saturated rings. The van der Waals surface area contributed by atoms with Crippen molar-refractivity contribution in [2.45, 2.75) is 13.0 Å². The number of rotatable bonds is 9. The van der Waals surface area contributed by atoms with Crippen molar-refractivity contribution in [1.82, 2.24) is 15.5 Å². The predicted molar refractivity (Wildman–Crippen MR) is 122 cm³/mol. The van der Waals surface area contributed by atoms with Crippen LogP contribution in [0.25, 0.3) is 0 Å². The topological polar surface area (TPSA) is 116 Å². The van der Waals surface area contributed by atoms with E-state index in [2.05, 4.69) is 26.1 Å². The van der Waals surface area contributed by atoms with Gasteiger partial charge < -0.3 is 16.0 Å². The minimum atomic E-state index is -0.870. The summed E-state index contributed by atoms with van der Waals surface area (Å²) in [5.41, 5.74) is 2.97. The van der Waals surface area contributed by atoms with Gasteiger partial charge in [-0.25, -0.2) is 0 Å². The van der Waals surface area contributed by atoms with E-state index in [9.17, 15) is 14.4 Å². The van der Waals surface area contributed by atoms with Crippen molar-refractivity contribution >= 4 is 40.9 Å². The third-order valence-corrected chi connectivity index (χ3v) is 5.20. The van der Waals surface area contributed by atoms with Crippen LogP contribution in [-0.4, -0.2) is 39.4 Å². The quantitative estimate of drug-likeness (QED) is 0.411. The summed E-state index contributed by atoms with van der Waals surface area (Å²) in [5, 5.41) is 14.7. The van der Waals surface area contributed by atoms with Gasteiger partial charge in [0.1, 0.15) is 6.04 Å². The number of anilines is 2. The van der Waals surface area contributed by atoms with E-state index in [4.69, 9.17) is 0 Å². The van der Waals surface area contributed by atoms with E-state index in [1.807, 2.05) is 37.3 Å². The third kappa shape index (κ3) is 7.00. The van der Waals surface area contributed by atoms with Gasteiger partial charge in [-0.3, -0.25) is 19.5 Å². The van der Waals surface area contributed by atoms with Crippen LogP contribution in [0.3, 0.4) is 0 Å². The Balaban J connectivity index is 1.52. The number of hydrogen-bond acceptors (Lipinski definition) is 5. The van der Waals surface area contributed by atoms with Gasteiger partial charge in [0.25, 0.3) is 5.91 Å². The molecule has 0 spiro atoms. The van der Waals surface area contributed by atoms with Crippen LogP contribution in [0.2, 0.25) is 0 Å². The van der Waals surface area contributed by atoms with E-state index in [1.165, 1.54) is 18.0 Å². The Morgan fingerprint density at radius 3 is 2.32 bits per heavy atom. The predicted octanol–water partition coefficient (Wildman–Crippen LogP) is 2.89. The number of nitrogens with zero attached hydrogens (tertiary/aromatic N) is 1. The van der Waals surface area contributed by atoms with Crippen LogP contribution < -0.4 is 16.0 Å². The van der Waals surface area contributed by atoms with Gasteiger partial charge >= 0.3 is 0 Å². The fourth-order valence-electron chi connectivity index (χ4n) is 2.75. The lowest BCUT2D eigenvalue weighted by atomic mass is 10.1. The fraction of sp³-hybridized carbons (Fsp3) is 0.182. The number of benzene rings is 2. The second-order valence-electron chi connectivity index (χ2n) is 6.79. The highest BCUT2D eigenvalue weighted by molar-refractivity contribution is 8.00. The smallest absolute Gasteiger partial charge is 0.251 e. The van der Waals surface area contributed by atoms with Gasteiger partial charge in [-0.1, -0.05) is 48.0 Å². The van der Waals surface area contributed by atoms with E-state index in [0.29, 0.717) is 16.9 Å². The lowest BCUT2D eigenvalue weighted by Gasteiger charge is -2.18. The highest BCUT2D eigenvalue weighted by Crippen LogP contribution is 2.16. The van der Waals surface area contributed by atoms with Crippen molar-refractivity contribution < 1.29 is 14.4 Å². The number of H-pyrrole nitrogens is 1. The van der Waals surface area contributed by atoms with Gasteiger partial charge in [-0.2, -0.15) is 5.10 Å². The molecule has 160 valence electrons. The zero-order valence-electron chi connectivity index (χ0n) is 16.9. The average Bonchev–Trinajstić information content (AvgIpc) is 3.27. The summed E-state index contributed by atoms with van der Waals surface area (Å²) < 4.78 is 0. The molecule has 3 rings (SSSR count). The molecule has 0 bridgehead atoms. The SMILES string of the molecule is Cc1ccc(NC(=O)CSCC(=O)NC(C(=O)Nc2cn[nH]c2)c2ccccc2)cc1. The van der Waals surface area contributed by atoms with Gasteiger partial charge in [0, 0.05) is 11.9 Å². The van der Waals surface area contributed by atoms with Crippen molar-refractivity contribution in [2.24, 2.45) is 0 Å². The molecular weight excluding hydrogens is 414 g/mol. The zero-order valence-corrected chi connectivity index (χ0v) is 17.7. The molecule has 0 aliphatic carbocycles. The summed E-state index contributed by atoms with van der Waals surface area (Å²) in [5.74, 6) is -0.756. The van der Waals surface area contributed by atoms with Crippen LogP contribution in [0.4, 0.5) is 11.4 Å². The fourth-order valence-corrected chi connectivity index (χ4v) is 3.38. The number of aromatic amines is 1. The first-order valence-electron chi connectivity index (χ1n) is 9.59. The first-order valence-corrected chi connectivity index (χ1v) is 10.7. The van der Waals surface area contributed by atoms with E-state index < -0.39 is 6.04 Å². The monoisotopic (exact) mass is 437 g/mol. The number of amides is 3. The van der Waals surface area contributed by atoms with Crippen LogP contribution in [-0.2, 0) is 14.4 Å². The lowest BCUT2D eigenvalue weighted by Crippen LogP contribution is -2.38. The molecular formula is C22H23N5O3S. The second-order valence-corrected chi connectivity index (χ2v) is 7.78. The maximum absolute atomic E-state index is 12.7. The molecule has 3 aromatic rings. The van der Waals surface area contributed by atoms with E-state index >= 15 is 0 Å². The van der Waals surface area contributed by atoms with Gasteiger partial charge in [-0.05, 0) is 24.6 Å². The van der Waals surface area contributed by atoms with Crippen molar-refractivity contribution in [3.05, 3.63) is 78.1 Å². The molecule has 4 N–H and O–H groups in total. The number of hydrogen-bond donors (Lipinski definition) is 4. The van der Waals surface area contributed by atoms with Crippen molar-refractivity contribution in [3.8, 4) is 0 Å². The Kier molecular flexibility index (Phi) is 7.83. The Labute approximate surface area is 184 Å². The van der Waals surface area contributed by atoms with Gasteiger partial charge in [0.05, 0.1) is 23.4 Å². The molecule has 0 aliphatic heterocycles. The number of nitrogens with one attached hydrogen (secondary N) is 4. The number of carbonyl (C=O) groups is 3. The molecule has 1 unspecified atom stereocenters. The Bertz CT molecular complexity index is 1010. The molecule has 9 heteroatoms. The molecule has 1 atom stereocenters. The summed E-state index contributed by atoms with van der Waals surface area (Å²) in [4.78, 5) is 37.2. The molecule has 0 saturated heterocycles. The Morgan fingerprint density at radius 1 is 0.935 bits per heavy atom. The summed E-state index contributed by atoms with van der Waals surface area (Å²) >= 11 is 1.18. The molecule has 8 nitrogen and oxygen atoms in total. The minimum absolute atomic E-state index is 0.0453. The number of aryl methyl sites for hydroxylation is 1. The second kappa shape index (κ2) is 11.0. The van der Waals surface area contributed by atoms with E-state index in [-0.39, 0.29) is 29.2 Å². The molecule has 3 amide bonds. The van der Waals surface area contributed by atoms with Crippen molar-refractivity contribution in [3.63, 3.8) is 0 Å². The zero-order chi connectivity index (χ0) is 22.1. The summed E-state index contributed by atoms with van der Waals surface area (Å²) in [6.07, 6.45) is 3.02. The first-order chi connectivity index (χ1) is 15.0. The van der Waals surface area contributed by atoms with Crippen LogP contribution in [0.5, 0.6) is 0 Å². The molecule has 0 saturated carbocycles. The number of aromatic nitrogens is 2. The standard InChI is InChI=1S/C22H23N5O3S/c1-15-7-9-17(10-8-15)25-19(28)13-31-14-20(29)27-21(16-5-3-2-4-6-16)22(30)26-18-11-23-24-12-18/h2-12,21H,13-14H2,1H3,(H,23,24)(H,25,28)(H,26,30)(H,27,29). The Morgan fingerprint density at radius 2 is 1.65 bits per heavy atom. The third-order valence-electron chi connectivity index (χ3n) is 4.27. The molecule has 1 aromatic heterocycles. The van der Waals surface area contributed by atoms with Crippen molar-refractivity contribution in [2.75, 3.05) is 22.1 Å². The van der Waals surface area contributed by atoms with E-state index in [1.54, 1.807) is 30.5 Å². The number of thioether (sulfide) groups is 1. The highest BCUT2D eigenvalue weighted by atomic mass is 32.2. The number of carbonyl (C=O) groups excluding carboxylic acids is 3. The van der Waals surface area contributed by atoms with E-state index in [0.717, 1.165) is 5.56 Å². The lowest BCUT2D eigenvalue weighted by molar-refractivity contribution is -0.125. The van der Waals surface area contributed by atoms with Crippen LogP contribution in [0, 0.1) is 6.92 Å². The maximum atomic E-state index is 12.7. The Hall–Kier alpha value is -3.59. The van der Waals surface area contributed by atoms with Gasteiger partial charge in [0.2, 0.25) is 11.8 Å². The van der Waals surface area contributed by atoms with Gasteiger partial charge in [0.15, 0.2) is 0 Å². The molecule has 0 aliphatic rings. The first kappa shape index (κ1) is 22.1. The van der Waals surface area contributed by atoms with Crippen LogP contribution in [0.15, 0.2) is 67.0 Å². The largest absolute Gasteiger partial charge is 0.340 e. The summed E-state index contributed by atoms with van der Waals surface area (Å²) in [7, 11) is 0.